The first-order valence-electron chi connectivity index (χ1n) is 13.1. The first kappa shape index (κ1) is 28.0. The van der Waals surface area contributed by atoms with Crippen molar-refractivity contribution in [3.05, 3.63) is 80.9 Å². The lowest BCUT2D eigenvalue weighted by Crippen LogP contribution is -2.25. The maximum atomic E-state index is 13.6. The number of fused-ring (bicyclic) bond motifs is 2. The molecule has 0 saturated carbocycles. The van der Waals surface area contributed by atoms with E-state index in [-0.39, 0.29) is 46.0 Å². The maximum Gasteiger partial charge on any atom is 0.347 e. The number of ether oxygens (including phenoxy) is 1. The van der Waals surface area contributed by atoms with Crippen LogP contribution in [0.5, 0.6) is 0 Å². The van der Waals surface area contributed by atoms with E-state index >= 15 is 0 Å². The molecule has 0 radical (unpaired) electrons. The molecule has 0 saturated heterocycles. The number of carboxylic acid groups (broad SMARTS) is 2. The molecule has 7 heteroatoms. The van der Waals surface area contributed by atoms with Crippen molar-refractivity contribution in [3.63, 3.8) is 0 Å². The lowest BCUT2D eigenvalue weighted by atomic mass is 9.79. The van der Waals surface area contributed by atoms with Crippen molar-refractivity contribution in [3.8, 4) is 0 Å². The van der Waals surface area contributed by atoms with Crippen molar-refractivity contribution in [2.75, 3.05) is 0 Å². The first-order chi connectivity index (χ1) is 18.1. The van der Waals surface area contributed by atoms with Gasteiger partial charge in [0, 0.05) is 0 Å². The molecule has 2 aromatic carbocycles. The van der Waals surface area contributed by atoms with Crippen LogP contribution < -0.4 is 0 Å². The van der Waals surface area contributed by atoms with Gasteiger partial charge in [0.05, 0.1) is 22.3 Å². The fraction of sp³-hybridized carbons (Fsp3) is 0.375. The van der Waals surface area contributed by atoms with E-state index < -0.39 is 23.9 Å². The average Bonchev–Trinajstić information content (AvgIpc) is 2.85. The Hall–Kier alpha value is -4.00. The van der Waals surface area contributed by atoms with Crippen LogP contribution in [0, 0.1) is 0 Å². The SMILES string of the molecule is CC(C)(C)c1ccc2c(c1)C(C(=O)OC(=O)C1=C(C(=O)O)CCc3ccc(C(C)(C)C)cc31)=C(C(=O)O)CC2. The van der Waals surface area contributed by atoms with E-state index in [1.165, 1.54) is 0 Å². The predicted molar refractivity (Wildman–Crippen MR) is 147 cm³/mol. The standard InChI is InChI=1S/C32H34O7/c1-31(2,3)19-11-7-17-9-13-21(27(33)34)25(23(17)15-19)29(37)39-30(38)26-22(28(35)36)14-10-18-8-12-20(16-24(18)26)32(4,5)6/h7-8,11-12,15-16H,9-10,13-14H2,1-6H3,(H,33,34)(H,35,36). The van der Waals surface area contributed by atoms with Crippen LogP contribution >= 0.6 is 0 Å². The summed E-state index contributed by atoms with van der Waals surface area (Å²) in [5.74, 6) is -4.71. The van der Waals surface area contributed by atoms with Crippen molar-refractivity contribution in [1.29, 1.82) is 0 Å². The summed E-state index contributed by atoms with van der Waals surface area (Å²) in [7, 11) is 0. The molecule has 0 fully saturated rings. The van der Waals surface area contributed by atoms with Crippen LogP contribution in [0.4, 0.5) is 0 Å². The highest BCUT2D eigenvalue weighted by atomic mass is 16.6. The quantitative estimate of drug-likeness (QED) is 0.389. The van der Waals surface area contributed by atoms with Crippen molar-refractivity contribution < 1.29 is 34.1 Å². The molecule has 39 heavy (non-hydrogen) atoms. The molecule has 0 aliphatic heterocycles. The fourth-order valence-electron chi connectivity index (χ4n) is 5.16. The highest BCUT2D eigenvalue weighted by Crippen LogP contribution is 2.38. The Labute approximate surface area is 228 Å². The molecule has 4 rings (SSSR count). The number of rotatable bonds is 4. The third-order valence-electron chi connectivity index (χ3n) is 7.49. The number of aliphatic carboxylic acids is 2. The summed E-state index contributed by atoms with van der Waals surface area (Å²) in [6.45, 7) is 12.0. The first-order valence-corrected chi connectivity index (χ1v) is 13.1. The van der Waals surface area contributed by atoms with E-state index in [4.69, 9.17) is 4.74 Å². The molecule has 2 aliphatic carbocycles. The lowest BCUT2D eigenvalue weighted by Gasteiger charge is -2.26. The number of hydrogen-bond donors (Lipinski definition) is 2. The molecule has 2 aromatic rings. The molecular weight excluding hydrogens is 496 g/mol. The number of carbonyl (C=O) groups is 4. The molecule has 7 nitrogen and oxygen atoms in total. The zero-order chi connectivity index (χ0) is 28.9. The Balaban J connectivity index is 1.81. The number of aryl methyl sites for hydroxylation is 2. The molecule has 0 bridgehead atoms. The van der Waals surface area contributed by atoms with Gasteiger partial charge in [-0.3, -0.25) is 0 Å². The van der Waals surface area contributed by atoms with E-state index in [0.717, 1.165) is 22.3 Å². The minimum atomic E-state index is -1.26. The second kappa shape index (κ2) is 9.95. The minimum Gasteiger partial charge on any atom is -0.478 e. The maximum absolute atomic E-state index is 13.6. The summed E-state index contributed by atoms with van der Waals surface area (Å²) in [5, 5.41) is 19.8. The Kier molecular flexibility index (Phi) is 7.15. The van der Waals surface area contributed by atoms with Crippen LogP contribution in [0.1, 0.15) is 87.8 Å². The smallest absolute Gasteiger partial charge is 0.347 e. The molecule has 0 heterocycles. The summed E-state index contributed by atoms with van der Waals surface area (Å²) in [5.41, 5.74) is 3.11. The van der Waals surface area contributed by atoms with Crippen LogP contribution in [0.3, 0.4) is 0 Å². The van der Waals surface area contributed by atoms with Crippen molar-refractivity contribution >= 4 is 35.0 Å². The molecule has 204 valence electrons. The van der Waals surface area contributed by atoms with Crippen LogP contribution in [-0.2, 0) is 47.6 Å². The Morgan fingerprint density at radius 3 is 1.28 bits per heavy atom. The Morgan fingerprint density at radius 1 is 0.615 bits per heavy atom. The Bertz CT molecular complexity index is 1360. The third-order valence-corrected chi connectivity index (χ3v) is 7.49. The van der Waals surface area contributed by atoms with Crippen LogP contribution in [-0.4, -0.2) is 34.1 Å². The Morgan fingerprint density at radius 2 is 0.974 bits per heavy atom. The van der Waals surface area contributed by atoms with Gasteiger partial charge in [-0.1, -0.05) is 77.9 Å². The van der Waals surface area contributed by atoms with E-state index in [1.54, 1.807) is 12.1 Å². The van der Waals surface area contributed by atoms with Gasteiger partial charge >= 0.3 is 23.9 Å². The second-order valence-corrected chi connectivity index (χ2v) is 12.2. The topological polar surface area (TPSA) is 118 Å². The van der Waals surface area contributed by atoms with Gasteiger partial charge in [-0.2, -0.15) is 0 Å². The summed E-state index contributed by atoms with van der Waals surface area (Å²) < 4.78 is 5.33. The van der Waals surface area contributed by atoms with Crippen molar-refractivity contribution in [2.45, 2.75) is 78.1 Å². The minimum absolute atomic E-state index is 0.108. The lowest BCUT2D eigenvalue weighted by molar-refractivity contribution is -0.151. The summed E-state index contributed by atoms with van der Waals surface area (Å²) in [6, 6.07) is 11.2. The average molecular weight is 531 g/mol. The van der Waals surface area contributed by atoms with Gasteiger partial charge in [-0.15, -0.1) is 0 Å². The molecule has 2 aliphatic rings. The number of carbonyl (C=O) groups excluding carboxylic acids is 2. The van der Waals surface area contributed by atoms with E-state index in [1.807, 2.05) is 65.8 Å². The van der Waals surface area contributed by atoms with Crippen LogP contribution in [0.25, 0.3) is 11.1 Å². The number of benzene rings is 2. The summed E-state index contributed by atoms with van der Waals surface area (Å²) >= 11 is 0. The largest absolute Gasteiger partial charge is 0.478 e. The molecule has 2 N–H and O–H groups in total. The van der Waals surface area contributed by atoms with Crippen molar-refractivity contribution in [2.24, 2.45) is 0 Å². The van der Waals surface area contributed by atoms with Gasteiger partial charge in [0.25, 0.3) is 0 Å². The van der Waals surface area contributed by atoms with Gasteiger partial charge in [-0.25, -0.2) is 19.2 Å². The zero-order valence-electron chi connectivity index (χ0n) is 23.2. The normalized spacial score (nSPS) is 15.4. The van der Waals surface area contributed by atoms with Gasteiger partial charge in [0.2, 0.25) is 0 Å². The predicted octanol–water partition coefficient (Wildman–Crippen LogP) is 5.62. The van der Waals surface area contributed by atoms with Crippen LogP contribution in [0.15, 0.2) is 47.5 Å². The number of esters is 2. The fourth-order valence-corrected chi connectivity index (χ4v) is 5.16. The highest BCUT2D eigenvalue weighted by Gasteiger charge is 2.35. The zero-order valence-corrected chi connectivity index (χ0v) is 23.2. The second-order valence-electron chi connectivity index (χ2n) is 12.2. The summed E-state index contributed by atoms with van der Waals surface area (Å²) in [6.07, 6.45) is 1.08. The highest BCUT2D eigenvalue weighted by molar-refractivity contribution is 6.31. The van der Waals surface area contributed by atoms with Gasteiger partial charge < -0.3 is 14.9 Å². The number of hydrogen-bond acceptors (Lipinski definition) is 5. The van der Waals surface area contributed by atoms with Crippen molar-refractivity contribution in [1.82, 2.24) is 0 Å². The van der Waals surface area contributed by atoms with Crippen LogP contribution in [0.2, 0.25) is 0 Å². The van der Waals surface area contributed by atoms with Gasteiger partial charge in [-0.05, 0) is 69.9 Å². The number of carboxylic acids is 2. The molecule has 0 amide bonds. The van der Waals surface area contributed by atoms with E-state index in [2.05, 4.69) is 0 Å². The molecule has 0 aromatic heterocycles. The molecule has 0 atom stereocenters. The van der Waals surface area contributed by atoms with E-state index in [0.29, 0.717) is 24.0 Å². The molecule has 0 unspecified atom stereocenters. The third kappa shape index (κ3) is 5.44. The van der Waals surface area contributed by atoms with Gasteiger partial charge in [0.15, 0.2) is 0 Å². The molecule has 0 spiro atoms. The monoisotopic (exact) mass is 530 g/mol. The van der Waals surface area contributed by atoms with Gasteiger partial charge in [0.1, 0.15) is 0 Å². The molecular formula is C32H34O7. The summed E-state index contributed by atoms with van der Waals surface area (Å²) in [4.78, 5) is 51.4. The van der Waals surface area contributed by atoms with E-state index in [9.17, 15) is 29.4 Å².